The van der Waals surface area contributed by atoms with Gasteiger partial charge in [-0.1, -0.05) is 18.2 Å². The number of hydrogen-bond acceptors (Lipinski definition) is 7. The van der Waals surface area contributed by atoms with Crippen molar-refractivity contribution in [3.05, 3.63) is 34.9 Å². The fourth-order valence-corrected chi connectivity index (χ4v) is 5.66. The number of amides is 2. The largest absolute Gasteiger partial charge is 0.309 e. The van der Waals surface area contributed by atoms with Crippen molar-refractivity contribution >= 4 is 23.9 Å². The SMILES string of the molecule is O=CC(=O)C1c2c(CN3CC4CCC(C3)N4)cccc2CN1C1CCC(=O)NC1=O. The molecule has 4 atom stereocenters. The highest BCUT2D eigenvalue weighted by molar-refractivity contribution is 6.27. The summed E-state index contributed by atoms with van der Waals surface area (Å²) in [6, 6.07) is 5.67. The van der Waals surface area contributed by atoms with E-state index in [1.165, 1.54) is 12.8 Å². The summed E-state index contributed by atoms with van der Waals surface area (Å²) in [5.41, 5.74) is 2.89. The van der Waals surface area contributed by atoms with E-state index in [1.807, 2.05) is 18.2 Å². The molecular formula is C22H26N4O4. The summed E-state index contributed by atoms with van der Waals surface area (Å²) < 4.78 is 0. The molecule has 2 N–H and O–H groups in total. The van der Waals surface area contributed by atoms with E-state index in [-0.39, 0.29) is 18.2 Å². The zero-order valence-electron chi connectivity index (χ0n) is 16.8. The van der Waals surface area contributed by atoms with Gasteiger partial charge in [0.2, 0.25) is 17.6 Å². The Kier molecular flexibility index (Phi) is 5.00. The molecular weight excluding hydrogens is 384 g/mol. The predicted molar refractivity (Wildman–Crippen MR) is 107 cm³/mol. The minimum absolute atomic E-state index is 0.238. The molecule has 1 aromatic rings. The maximum Gasteiger partial charge on any atom is 0.243 e. The summed E-state index contributed by atoms with van der Waals surface area (Å²) in [6.07, 6.45) is 3.35. The summed E-state index contributed by atoms with van der Waals surface area (Å²) in [4.78, 5) is 52.5. The van der Waals surface area contributed by atoms with Gasteiger partial charge in [-0.05, 0) is 36.0 Å². The van der Waals surface area contributed by atoms with Crippen LogP contribution in [0.4, 0.5) is 0 Å². The van der Waals surface area contributed by atoms with E-state index in [0.717, 1.165) is 36.3 Å². The Bertz CT molecular complexity index is 904. The molecule has 30 heavy (non-hydrogen) atoms. The van der Waals surface area contributed by atoms with Crippen LogP contribution in [0.15, 0.2) is 18.2 Å². The normalized spacial score (nSPS) is 31.5. The number of benzene rings is 1. The summed E-state index contributed by atoms with van der Waals surface area (Å²) in [5, 5.41) is 6.00. The van der Waals surface area contributed by atoms with E-state index < -0.39 is 17.9 Å². The van der Waals surface area contributed by atoms with E-state index in [0.29, 0.717) is 31.3 Å². The van der Waals surface area contributed by atoms with Crippen molar-refractivity contribution in [2.75, 3.05) is 13.1 Å². The van der Waals surface area contributed by atoms with Gasteiger partial charge in [-0.2, -0.15) is 0 Å². The minimum atomic E-state index is -0.766. The number of hydrogen-bond donors (Lipinski definition) is 2. The van der Waals surface area contributed by atoms with Crippen LogP contribution < -0.4 is 10.6 Å². The quantitative estimate of drug-likeness (QED) is 0.402. The highest BCUT2D eigenvalue weighted by Crippen LogP contribution is 2.40. The number of piperidine rings is 1. The number of aldehydes is 1. The van der Waals surface area contributed by atoms with E-state index in [4.69, 9.17) is 0 Å². The van der Waals surface area contributed by atoms with Crippen molar-refractivity contribution in [2.45, 2.75) is 62.9 Å². The molecule has 5 rings (SSSR count). The lowest BCUT2D eigenvalue weighted by atomic mass is 9.94. The van der Waals surface area contributed by atoms with Crippen molar-refractivity contribution in [1.29, 1.82) is 0 Å². The van der Waals surface area contributed by atoms with Crippen molar-refractivity contribution < 1.29 is 19.2 Å². The number of fused-ring (bicyclic) bond motifs is 3. The molecule has 3 fully saturated rings. The number of carbonyl (C=O) groups is 4. The molecule has 4 unspecified atom stereocenters. The maximum atomic E-state index is 12.7. The number of likely N-dealkylation sites (tertiary alicyclic amines) is 1. The second-order valence-electron chi connectivity index (χ2n) is 8.88. The third-order valence-electron chi connectivity index (χ3n) is 6.93. The van der Waals surface area contributed by atoms with Crippen LogP contribution in [0.5, 0.6) is 0 Å². The molecule has 4 heterocycles. The molecule has 0 radical (unpaired) electrons. The van der Waals surface area contributed by atoms with Crippen molar-refractivity contribution in [2.24, 2.45) is 0 Å². The molecule has 8 heteroatoms. The lowest BCUT2D eigenvalue weighted by Crippen LogP contribution is -2.53. The van der Waals surface area contributed by atoms with Gasteiger partial charge in [0.25, 0.3) is 0 Å². The fourth-order valence-electron chi connectivity index (χ4n) is 5.66. The van der Waals surface area contributed by atoms with Crippen LogP contribution in [0.25, 0.3) is 0 Å². The summed E-state index contributed by atoms with van der Waals surface area (Å²) in [7, 11) is 0. The summed E-state index contributed by atoms with van der Waals surface area (Å²) in [6.45, 7) is 3.10. The molecule has 4 aliphatic rings. The Hall–Kier alpha value is -2.42. The van der Waals surface area contributed by atoms with Gasteiger partial charge in [0, 0.05) is 44.7 Å². The molecule has 0 spiro atoms. The smallest absolute Gasteiger partial charge is 0.243 e. The van der Waals surface area contributed by atoms with Gasteiger partial charge in [0.15, 0.2) is 6.29 Å². The molecule has 0 aromatic heterocycles. The van der Waals surface area contributed by atoms with Gasteiger partial charge in [0.05, 0.1) is 6.04 Å². The van der Waals surface area contributed by atoms with Crippen LogP contribution in [0.1, 0.15) is 48.4 Å². The highest BCUT2D eigenvalue weighted by atomic mass is 16.2. The molecule has 3 saturated heterocycles. The van der Waals surface area contributed by atoms with Gasteiger partial charge in [-0.15, -0.1) is 0 Å². The Labute approximate surface area is 175 Å². The maximum absolute atomic E-state index is 12.7. The molecule has 0 saturated carbocycles. The predicted octanol–water partition coefficient (Wildman–Crippen LogP) is 0.0527. The van der Waals surface area contributed by atoms with E-state index in [1.54, 1.807) is 4.90 Å². The van der Waals surface area contributed by atoms with Gasteiger partial charge in [-0.25, -0.2) is 0 Å². The average Bonchev–Trinajstić information content (AvgIpc) is 3.27. The number of piperazine rings is 1. The number of ketones is 1. The van der Waals surface area contributed by atoms with Crippen LogP contribution in [-0.2, 0) is 32.3 Å². The van der Waals surface area contributed by atoms with Crippen LogP contribution in [0, 0.1) is 0 Å². The van der Waals surface area contributed by atoms with Gasteiger partial charge in [0.1, 0.15) is 6.04 Å². The molecule has 0 aliphatic carbocycles. The van der Waals surface area contributed by atoms with Crippen molar-refractivity contribution in [3.8, 4) is 0 Å². The summed E-state index contributed by atoms with van der Waals surface area (Å²) >= 11 is 0. The van der Waals surface area contributed by atoms with Gasteiger partial charge >= 0.3 is 0 Å². The first-order valence-electron chi connectivity index (χ1n) is 10.7. The molecule has 1 aromatic carbocycles. The molecule has 2 bridgehead atoms. The van der Waals surface area contributed by atoms with Gasteiger partial charge in [-0.3, -0.25) is 34.3 Å². The lowest BCUT2D eigenvalue weighted by molar-refractivity contribution is -0.141. The first-order chi connectivity index (χ1) is 14.5. The number of carbonyl (C=O) groups excluding carboxylic acids is 4. The molecule has 4 aliphatic heterocycles. The van der Waals surface area contributed by atoms with E-state index in [2.05, 4.69) is 15.5 Å². The number of Topliss-reactive ketones (excluding diaryl/α,β-unsaturated/α-hetero) is 1. The monoisotopic (exact) mass is 410 g/mol. The topological polar surface area (TPSA) is 98.8 Å². The highest BCUT2D eigenvalue weighted by Gasteiger charge is 2.44. The Morgan fingerprint density at radius 1 is 1.13 bits per heavy atom. The van der Waals surface area contributed by atoms with Crippen molar-refractivity contribution in [3.63, 3.8) is 0 Å². The molecule has 8 nitrogen and oxygen atoms in total. The Morgan fingerprint density at radius 3 is 2.60 bits per heavy atom. The van der Waals surface area contributed by atoms with Crippen LogP contribution in [0.2, 0.25) is 0 Å². The lowest BCUT2D eigenvalue weighted by Gasteiger charge is -2.34. The third kappa shape index (κ3) is 3.38. The van der Waals surface area contributed by atoms with Gasteiger partial charge < -0.3 is 5.32 Å². The number of nitrogens with zero attached hydrogens (tertiary/aromatic N) is 2. The van der Waals surface area contributed by atoms with Crippen LogP contribution >= 0.6 is 0 Å². The van der Waals surface area contributed by atoms with Crippen LogP contribution in [-0.4, -0.2) is 64.9 Å². The second kappa shape index (κ2) is 7.68. The number of imide groups is 1. The zero-order chi connectivity index (χ0) is 20.8. The second-order valence-corrected chi connectivity index (χ2v) is 8.88. The number of nitrogens with one attached hydrogen (secondary N) is 2. The van der Waals surface area contributed by atoms with Crippen molar-refractivity contribution in [1.82, 2.24) is 20.4 Å². The molecule has 2 amide bonds. The first-order valence-corrected chi connectivity index (χ1v) is 10.7. The molecule has 158 valence electrons. The fraction of sp³-hybridized carbons (Fsp3) is 0.545. The summed E-state index contributed by atoms with van der Waals surface area (Å²) in [5.74, 6) is -1.21. The standard InChI is InChI=1S/C22H26N4O4/c27-12-18(28)21-20-13(8-25-10-15-4-5-16(11-25)23-15)2-1-3-14(20)9-26(21)17-6-7-19(29)24-22(17)30/h1-3,12,15-17,21,23H,4-11H2,(H,24,29,30). The first kappa shape index (κ1) is 19.5. The zero-order valence-corrected chi connectivity index (χ0v) is 16.8. The Morgan fingerprint density at radius 2 is 1.90 bits per heavy atom. The third-order valence-corrected chi connectivity index (χ3v) is 6.93. The average molecular weight is 410 g/mol. The number of rotatable bonds is 5. The Balaban J connectivity index is 1.45. The van der Waals surface area contributed by atoms with E-state index >= 15 is 0 Å². The minimum Gasteiger partial charge on any atom is -0.309 e. The van der Waals surface area contributed by atoms with E-state index in [9.17, 15) is 19.2 Å². The van der Waals surface area contributed by atoms with Crippen LogP contribution in [0.3, 0.4) is 0 Å².